The molecule has 1 aromatic carbocycles. The number of methoxy groups -OCH3 is 2. The summed E-state index contributed by atoms with van der Waals surface area (Å²) in [5.41, 5.74) is 3.22. The summed E-state index contributed by atoms with van der Waals surface area (Å²) < 4.78 is 41.7. The van der Waals surface area contributed by atoms with E-state index in [1.54, 1.807) is 26.4 Å². The molecule has 98 valence electrons. The molecule has 0 aliphatic heterocycles. The van der Waals surface area contributed by atoms with Gasteiger partial charge in [-0.05, 0) is 12.1 Å². The molecular weight excluding hydrogens is 252 g/mol. The number of nitrogens with two attached hydrogens (primary N) is 1. The Kier molecular flexibility index (Phi) is 6.28. The summed E-state index contributed by atoms with van der Waals surface area (Å²) in [4.78, 5) is 0. The number of nitrogen functional groups attached to an aromatic ring is 1. The molecule has 0 saturated heterocycles. The predicted octanol–water partition coefficient (Wildman–Crippen LogP) is 0.337. The van der Waals surface area contributed by atoms with Crippen molar-refractivity contribution in [3.8, 4) is 11.5 Å². The third-order valence-corrected chi connectivity index (χ3v) is 1.56. The zero-order valence-corrected chi connectivity index (χ0v) is 10.1. The minimum atomic E-state index is -4.67. The van der Waals surface area contributed by atoms with Gasteiger partial charge in [-0.15, -0.1) is 0 Å². The van der Waals surface area contributed by atoms with Crippen LogP contribution in [0.5, 0.6) is 11.5 Å². The van der Waals surface area contributed by atoms with Gasteiger partial charge in [-0.2, -0.15) is 8.42 Å². The van der Waals surface area contributed by atoms with Gasteiger partial charge in [0.15, 0.2) is 11.5 Å². The molecule has 0 unspecified atom stereocenters. The lowest BCUT2D eigenvalue weighted by Gasteiger charge is -2.10. The Bertz CT molecular complexity index is 417. The van der Waals surface area contributed by atoms with Crippen molar-refractivity contribution in [2.45, 2.75) is 0 Å². The van der Waals surface area contributed by atoms with E-state index in [-0.39, 0.29) is 0 Å². The van der Waals surface area contributed by atoms with Crippen molar-refractivity contribution in [2.75, 3.05) is 19.6 Å². The Balaban J connectivity index is 0.000000437. The number of hydrogen-bond donors (Lipinski definition) is 4. The van der Waals surface area contributed by atoms with Crippen LogP contribution in [0.15, 0.2) is 18.2 Å². The molecule has 0 aliphatic carbocycles. The molecule has 0 aliphatic rings. The van der Waals surface area contributed by atoms with Crippen LogP contribution in [0.1, 0.15) is 0 Å². The van der Waals surface area contributed by atoms with E-state index >= 15 is 0 Å². The van der Waals surface area contributed by atoms with Crippen molar-refractivity contribution in [3.63, 3.8) is 0 Å². The van der Waals surface area contributed by atoms with E-state index in [9.17, 15) is 0 Å². The summed E-state index contributed by atoms with van der Waals surface area (Å²) in [6.07, 6.45) is 0. The fourth-order valence-corrected chi connectivity index (χ4v) is 1.00. The Morgan fingerprint density at radius 3 is 2.12 bits per heavy atom. The highest BCUT2D eigenvalue weighted by atomic mass is 32.3. The summed E-state index contributed by atoms with van der Waals surface area (Å²) in [5.74, 6) is 6.54. The van der Waals surface area contributed by atoms with Gasteiger partial charge in [-0.1, -0.05) is 6.07 Å². The summed E-state index contributed by atoms with van der Waals surface area (Å²) in [6.45, 7) is 0. The average Bonchev–Trinajstić information content (AvgIpc) is 2.25. The highest BCUT2D eigenvalue weighted by molar-refractivity contribution is 7.79. The standard InChI is InChI=1S/C8H12N2O2.H2O4S/c1-11-7-5-3-4-6(10-9)8(7)12-2;1-5(2,3)4/h3-5,10H,9H2,1-2H3;(H2,1,2,3,4). The topological polar surface area (TPSA) is 131 Å². The van der Waals surface area contributed by atoms with Crippen molar-refractivity contribution in [1.29, 1.82) is 0 Å². The van der Waals surface area contributed by atoms with Crippen molar-refractivity contribution in [2.24, 2.45) is 5.84 Å². The van der Waals surface area contributed by atoms with Crippen molar-refractivity contribution in [1.82, 2.24) is 0 Å². The molecule has 0 spiro atoms. The quantitative estimate of drug-likeness (QED) is 0.350. The summed E-state index contributed by atoms with van der Waals surface area (Å²) in [7, 11) is -1.52. The number of anilines is 1. The number of rotatable bonds is 3. The highest BCUT2D eigenvalue weighted by Crippen LogP contribution is 2.33. The fraction of sp³-hybridized carbons (Fsp3) is 0.250. The number of benzene rings is 1. The first kappa shape index (κ1) is 15.4. The molecular formula is C8H14N2O6S. The van der Waals surface area contributed by atoms with Crippen LogP contribution in [0.2, 0.25) is 0 Å². The minimum absolute atomic E-state index is 0.613. The predicted molar refractivity (Wildman–Crippen MR) is 61.5 cm³/mol. The largest absolute Gasteiger partial charge is 0.493 e. The molecule has 0 radical (unpaired) electrons. The van der Waals surface area contributed by atoms with Gasteiger partial charge in [-0.3, -0.25) is 14.9 Å². The second kappa shape index (κ2) is 6.91. The minimum Gasteiger partial charge on any atom is -0.493 e. The van der Waals surface area contributed by atoms with Crippen LogP contribution in [-0.4, -0.2) is 31.7 Å². The van der Waals surface area contributed by atoms with E-state index < -0.39 is 10.4 Å². The molecule has 0 fully saturated rings. The zero-order chi connectivity index (χ0) is 13.5. The van der Waals surface area contributed by atoms with E-state index in [4.69, 9.17) is 32.8 Å². The van der Waals surface area contributed by atoms with Gasteiger partial charge in [-0.25, -0.2) is 0 Å². The van der Waals surface area contributed by atoms with Crippen molar-refractivity contribution < 1.29 is 27.0 Å². The molecule has 0 atom stereocenters. The van der Waals surface area contributed by atoms with Gasteiger partial charge in [0.2, 0.25) is 0 Å². The van der Waals surface area contributed by atoms with E-state index in [0.29, 0.717) is 17.2 Å². The van der Waals surface area contributed by atoms with E-state index in [2.05, 4.69) is 5.43 Å². The molecule has 0 amide bonds. The molecule has 9 heteroatoms. The summed E-state index contributed by atoms with van der Waals surface area (Å²) in [6, 6.07) is 5.44. The van der Waals surface area contributed by atoms with Gasteiger partial charge in [0.1, 0.15) is 0 Å². The van der Waals surface area contributed by atoms with Crippen LogP contribution in [0.25, 0.3) is 0 Å². The molecule has 0 heterocycles. The first-order valence-electron chi connectivity index (χ1n) is 4.21. The third kappa shape index (κ3) is 6.58. The fourth-order valence-electron chi connectivity index (χ4n) is 1.00. The molecule has 0 aromatic heterocycles. The highest BCUT2D eigenvalue weighted by Gasteiger charge is 2.06. The normalized spacial score (nSPS) is 9.94. The van der Waals surface area contributed by atoms with Gasteiger partial charge in [0.05, 0.1) is 19.9 Å². The lowest BCUT2D eigenvalue weighted by Crippen LogP contribution is -2.08. The molecule has 1 aromatic rings. The van der Waals surface area contributed by atoms with Crippen LogP contribution in [0, 0.1) is 0 Å². The van der Waals surface area contributed by atoms with Crippen LogP contribution >= 0.6 is 0 Å². The SMILES string of the molecule is COc1cccc(NN)c1OC.O=S(=O)(O)O. The number of hydrazine groups is 1. The number of ether oxygens (including phenoxy) is 2. The van der Waals surface area contributed by atoms with Crippen LogP contribution in [0.3, 0.4) is 0 Å². The van der Waals surface area contributed by atoms with Gasteiger partial charge in [0.25, 0.3) is 0 Å². The lowest BCUT2D eigenvalue weighted by atomic mass is 10.3. The monoisotopic (exact) mass is 266 g/mol. The van der Waals surface area contributed by atoms with Crippen molar-refractivity contribution >= 4 is 16.1 Å². The van der Waals surface area contributed by atoms with Gasteiger partial charge >= 0.3 is 10.4 Å². The third-order valence-electron chi connectivity index (χ3n) is 1.56. The zero-order valence-electron chi connectivity index (χ0n) is 9.25. The number of para-hydroxylation sites is 1. The van der Waals surface area contributed by atoms with E-state index in [0.717, 1.165) is 0 Å². The summed E-state index contributed by atoms with van der Waals surface area (Å²) >= 11 is 0. The van der Waals surface area contributed by atoms with Crippen LogP contribution in [-0.2, 0) is 10.4 Å². The number of nitrogens with one attached hydrogen (secondary N) is 1. The first-order chi connectivity index (χ1) is 7.83. The smallest absolute Gasteiger partial charge is 0.394 e. The molecule has 8 nitrogen and oxygen atoms in total. The summed E-state index contributed by atoms with van der Waals surface area (Å²) in [5, 5.41) is 0. The maximum absolute atomic E-state index is 8.74. The maximum atomic E-state index is 8.74. The second-order valence-corrected chi connectivity index (χ2v) is 3.53. The maximum Gasteiger partial charge on any atom is 0.394 e. The van der Waals surface area contributed by atoms with Crippen LogP contribution < -0.4 is 20.7 Å². The molecule has 1 rings (SSSR count). The number of hydrogen-bond acceptors (Lipinski definition) is 6. The van der Waals surface area contributed by atoms with Gasteiger partial charge in [0, 0.05) is 0 Å². The van der Waals surface area contributed by atoms with Gasteiger partial charge < -0.3 is 14.9 Å². The second-order valence-electron chi connectivity index (χ2n) is 2.63. The van der Waals surface area contributed by atoms with Crippen LogP contribution in [0.4, 0.5) is 5.69 Å². The average molecular weight is 266 g/mol. The Labute approximate surface area is 98.9 Å². The Hall–Kier alpha value is -1.55. The molecule has 5 N–H and O–H groups in total. The Morgan fingerprint density at radius 1 is 1.24 bits per heavy atom. The van der Waals surface area contributed by atoms with Crippen molar-refractivity contribution in [3.05, 3.63) is 18.2 Å². The van der Waals surface area contributed by atoms with E-state index in [1.165, 1.54) is 0 Å². The Morgan fingerprint density at radius 2 is 1.76 bits per heavy atom. The van der Waals surface area contributed by atoms with E-state index in [1.807, 2.05) is 6.07 Å². The first-order valence-corrected chi connectivity index (χ1v) is 5.60. The molecule has 17 heavy (non-hydrogen) atoms. The molecule has 0 saturated carbocycles. The molecule has 0 bridgehead atoms. The lowest BCUT2D eigenvalue weighted by molar-refractivity contribution is 0.356.